The van der Waals surface area contributed by atoms with Crippen molar-refractivity contribution in [1.82, 2.24) is 9.80 Å². The lowest BCUT2D eigenvalue weighted by Gasteiger charge is -2.39. The molecule has 1 aliphatic carbocycles. The zero-order chi connectivity index (χ0) is 22.3. The molecule has 31 heavy (non-hydrogen) atoms. The van der Waals surface area contributed by atoms with Crippen LogP contribution in [0.4, 0.5) is 0 Å². The molecule has 2 saturated heterocycles. The third kappa shape index (κ3) is 4.20. The summed E-state index contributed by atoms with van der Waals surface area (Å²) < 4.78 is 5.70. The number of carbonyl (C=O) groups excluding carboxylic acids is 2. The fourth-order valence-corrected chi connectivity index (χ4v) is 5.85. The van der Waals surface area contributed by atoms with Crippen molar-refractivity contribution in [2.75, 3.05) is 32.8 Å². The van der Waals surface area contributed by atoms with Gasteiger partial charge in [-0.2, -0.15) is 0 Å². The molecule has 0 atom stereocenters. The van der Waals surface area contributed by atoms with E-state index in [1.165, 1.54) is 0 Å². The van der Waals surface area contributed by atoms with Crippen LogP contribution in [0, 0.1) is 22.2 Å². The number of piperidine rings is 1. The van der Waals surface area contributed by atoms with Gasteiger partial charge in [-0.25, -0.2) is 0 Å². The van der Waals surface area contributed by atoms with Crippen LogP contribution in [0.25, 0.3) is 0 Å². The Balaban J connectivity index is 1.20. The molecule has 0 bridgehead atoms. The van der Waals surface area contributed by atoms with Crippen LogP contribution < -0.4 is 4.74 Å². The second kappa shape index (κ2) is 8.14. The maximum Gasteiger partial charge on any atom is 0.226 e. The van der Waals surface area contributed by atoms with Crippen molar-refractivity contribution in [3.63, 3.8) is 0 Å². The first-order valence-electron chi connectivity index (χ1n) is 11.9. The van der Waals surface area contributed by atoms with Crippen molar-refractivity contribution in [2.45, 2.75) is 59.8 Å². The second-order valence-electron chi connectivity index (χ2n) is 11.0. The summed E-state index contributed by atoms with van der Waals surface area (Å²) in [5.74, 6) is 1.59. The third-order valence-electron chi connectivity index (χ3n) is 8.74. The zero-order valence-corrected chi connectivity index (χ0v) is 19.7. The van der Waals surface area contributed by atoms with Gasteiger partial charge in [0.25, 0.3) is 0 Å². The van der Waals surface area contributed by atoms with Gasteiger partial charge in [-0.1, -0.05) is 45.9 Å². The number of amides is 2. The number of hydrogen-bond donors (Lipinski definition) is 0. The van der Waals surface area contributed by atoms with Crippen LogP contribution in [0.2, 0.25) is 0 Å². The molecular weight excluding hydrogens is 388 g/mol. The van der Waals surface area contributed by atoms with Crippen molar-refractivity contribution >= 4 is 11.8 Å². The Morgan fingerprint density at radius 3 is 2.10 bits per heavy atom. The highest BCUT2D eigenvalue weighted by Gasteiger charge is 2.69. The molecule has 5 heteroatoms. The van der Waals surface area contributed by atoms with E-state index in [-0.39, 0.29) is 28.1 Å². The molecule has 1 saturated carbocycles. The monoisotopic (exact) mass is 426 g/mol. The van der Waals surface area contributed by atoms with Crippen molar-refractivity contribution in [3.8, 4) is 5.75 Å². The first-order valence-corrected chi connectivity index (χ1v) is 11.9. The number of hydrogen-bond acceptors (Lipinski definition) is 3. The van der Waals surface area contributed by atoms with Crippen LogP contribution in [-0.2, 0) is 9.59 Å². The van der Waals surface area contributed by atoms with Gasteiger partial charge >= 0.3 is 0 Å². The second-order valence-corrected chi connectivity index (χ2v) is 11.0. The molecule has 2 aliphatic heterocycles. The lowest BCUT2D eigenvalue weighted by Crippen LogP contribution is -2.45. The Labute approximate surface area is 187 Å². The molecule has 0 aromatic heterocycles. The van der Waals surface area contributed by atoms with Crippen molar-refractivity contribution in [2.24, 2.45) is 22.2 Å². The number of carbonyl (C=O) groups is 2. The van der Waals surface area contributed by atoms with E-state index in [1.54, 1.807) is 0 Å². The Bertz CT molecular complexity index is 795. The molecule has 170 valence electrons. The van der Waals surface area contributed by atoms with Crippen molar-refractivity contribution in [3.05, 3.63) is 30.3 Å². The summed E-state index contributed by atoms with van der Waals surface area (Å²) >= 11 is 0. The van der Waals surface area contributed by atoms with Crippen LogP contribution in [0.1, 0.15) is 59.8 Å². The Morgan fingerprint density at radius 2 is 1.52 bits per heavy atom. The first-order chi connectivity index (χ1) is 14.7. The highest BCUT2D eigenvalue weighted by molar-refractivity contribution is 5.84. The van der Waals surface area contributed by atoms with Gasteiger partial charge in [0.15, 0.2) is 0 Å². The van der Waals surface area contributed by atoms with E-state index in [0.29, 0.717) is 18.9 Å². The number of benzene rings is 1. The largest absolute Gasteiger partial charge is 0.494 e. The van der Waals surface area contributed by atoms with E-state index < -0.39 is 0 Å². The van der Waals surface area contributed by atoms with Gasteiger partial charge in [0, 0.05) is 38.5 Å². The van der Waals surface area contributed by atoms with E-state index in [1.807, 2.05) is 35.2 Å². The zero-order valence-electron chi connectivity index (χ0n) is 19.7. The summed E-state index contributed by atoms with van der Waals surface area (Å²) in [5.41, 5.74) is 0.408. The van der Waals surface area contributed by atoms with Crippen LogP contribution >= 0.6 is 0 Å². The fourth-order valence-electron chi connectivity index (χ4n) is 5.85. The fraction of sp³-hybridized carbons (Fsp3) is 0.692. The lowest BCUT2D eigenvalue weighted by atomic mass is 9.77. The van der Waals surface area contributed by atoms with E-state index in [2.05, 4.69) is 32.6 Å². The molecule has 5 nitrogen and oxygen atoms in total. The van der Waals surface area contributed by atoms with Gasteiger partial charge in [-0.15, -0.1) is 0 Å². The lowest BCUT2D eigenvalue weighted by molar-refractivity contribution is -0.135. The smallest absolute Gasteiger partial charge is 0.226 e. The van der Waals surface area contributed by atoms with E-state index in [9.17, 15) is 9.59 Å². The molecule has 3 fully saturated rings. The molecule has 1 spiro atoms. The summed E-state index contributed by atoms with van der Waals surface area (Å²) in [4.78, 5) is 29.9. The number of para-hydroxylation sites is 1. The predicted octanol–water partition coefficient (Wildman–Crippen LogP) is 4.37. The number of likely N-dealkylation sites (tertiary alicyclic amines) is 2. The molecule has 1 aromatic carbocycles. The predicted molar refractivity (Wildman–Crippen MR) is 122 cm³/mol. The van der Waals surface area contributed by atoms with Gasteiger partial charge in [-0.05, 0) is 54.1 Å². The average Bonchev–Trinajstić information content (AvgIpc) is 3.02. The third-order valence-corrected chi connectivity index (χ3v) is 8.74. The molecule has 3 aliphatic rings. The highest BCUT2D eigenvalue weighted by atomic mass is 16.5. The summed E-state index contributed by atoms with van der Waals surface area (Å²) in [7, 11) is 0. The van der Waals surface area contributed by atoms with Crippen molar-refractivity contribution in [1.29, 1.82) is 0 Å². The molecule has 2 amide bonds. The number of nitrogens with zero attached hydrogens (tertiary/aromatic N) is 2. The standard InChI is InChI=1S/C26H38N2O3/c1-24(2)22(25(24,3)4)23(30)28-17-14-26(19-28)12-15-27(16-13-26)21(29)11-8-18-31-20-9-6-5-7-10-20/h5-7,9-10,22H,8,11-19H2,1-4H3. The normalized spacial score (nSPS) is 23.7. The van der Waals surface area contributed by atoms with Crippen LogP contribution in [0.3, 0.4) is 0 Å². The molecule has 0 radical (unpaired) electrons. The molecule has 0 unspecified atom stereocenters. The van der Waals surface area contributed by atoms with Gasteiger partial charge in [-0.3, -0.25) is 9.59 Å². The average molecular weight is 427 g/mol. The summed E-state index contributed by atoms with van der Waals surface area (Å²) in [6.45, 7) is 12.8. The Hall–Kier alpha value is -2.04. The minimum atomic E-state index is 0.0971. The minimum Gasteiger partial charge on any atom is -0.494 e. The Kier molecular flexibility index (Phi) is 5.82. The molecule has 0 N–H and O–H groups in total. The van der Waals surface area contributed by atoms with E-state index in [0.717, 1.165) is 57.6 Å². The van der Waals surface area contributed by atoms with E-state index >= 15 is 0 Å². The molecule has 1 aromatic rings. The topological polar surface area (TPSA) is 49.9 Å². The Morgan fingerprint density at radius 1 is 0.935 bits per heavy atom. The first kappa shape index (κ1) is 22.2. The van der Waals surface area contributed by atoms with E-state index in [4.69, 9.17) is 4.74 Å². The number of rotatable bonds is 6. The van der Waals surface area contributed by atoms with Crippen LogP contribution in [-0.4, -0.2) is 54.4 Å². The SMILES string of the molecule is CC1(C)C(C(=O)N2CCC3(CCN(C(=O)CCCOc4ccccc4)CC3)C2)C1(C)C. The van der Waals surface area contributed by atoms with Gasteiger partial charge in [0.2, 0.25) is 11.8 Å². The van der Waals surface area contributed by atoms with Gasteiger partial charge in [0.05, 0.1) is 6.61 Å². The molecule has 2 heterocycles. The molecule has 4 rings (SSSR count). The maximum atomic E-state index is 13.1. The quantitative estimate of drug-likeness (QED) is 0.635. The summed E-state index contributed by atoms with van der Waals surface area (Å²) in [6, 6.07) is 9.74. The van der Waals surface area contributed by atoms with Crippen LogP contribution in [0.15, 0.2) is 30.3 Å². The van der Waals surface area contributed by atoms with Gasteiger partial charge < -0.3 is 14.5 Å². The minimum absolute atomic E-state index is 0.0971. The summed E-state index contributed by atoms with van der Waals surface area (Å²) in [5, 5.41) is 0. The maximum absolute atomic E-state index is 13.1. The van der Waals surface area contributed by atoms with Crippen molar-refractivity contribution < 1.29 is 14.3 Å². The molecular formula is C26H38N2O3. The van der Waals surface area contributed by atoms with Gasteiger partial charge in [0.1, 0.15) is 5.75 Å². The summed E-state index contributed by atoms with van der Waals surface area (Å²) in [6.07, 6.45) is 4.39. The number of ether oxygens (including phenoxy) is 1. The highest BCUT2D eigenvalue weighted by Crippen LogP contribution is 2.69. The van der Waals surface area contributed by atoms with Crippen LogP contribution in [0.5, 0.6) is 5.75 Å².